The van der Waals surface area contributed by atoms with Gasteiger partial charge in [0.1, 0.15) is 0 Å². The molecular weight excluding hydrogens is 314 g/mol. The Kier molecular flexibility index (Phi) is 4.22. The first kappa shape index (κ1) is 13.6. The van der Waals surface area contributed by atoms with Gasteiger partial charge >= 0.3 is 0 Å². The maximum atomic E-state index is 11.6. The Morgan fingerprint density at radius 2 is 1.82 bits per heavy atom. The number of sulfonamides is 1. The molecule has 7 nitrogen and oxygen atoms in total. The van der Waals surface area contributed by atoms with Gasteiger partial charge in [-0.25, -0.2) is 8.42 Å². The van der Waals surface area contributed by atoms with Gasteiger partial charge in [-0.15, -0.1) is 0 Å². The van der Waals surface area contributed by atoms with E-state index in [4.69, 9.17) is 15.0 Å². The SMILES string of the molecule is COc1cc(Br)c(S(=O)(=O)N=[N+]=[N-])cc1OC. The number of hydrogen-bond donors (Lipinski definition) is 0. The highest BCUT2D eigenvalue weighted by molar-refractivity contribution is 9.10. The summed E-state index contributed by atoms with van der Waals surface area (Å²) in [4.78, 5) is 2.08. The Labute approximate surface area is 106 Å². The summed E-state index contributed by atoms with van der Waals surface area (Å²) in [6.07, 6.45) is 0. The zero-order valence-electron chi connectivity index (χ0n) is 8.92. The van der Waals surface area contributed by atoms with Crippen molar-refractivity contribution >= 4 is 26.0 Å². The summed E-state index contributed by atoms with van der Waals surface area (Å²) < 4.78 is 36.1. The Balaban J connectivity index is 3.52. The third-order valence-corrected chi connectivity index (χ3v) is 3.96. The van der Waals surface area contributed by atoms with Crippen LogP contribution < -0.4 is 9.47 Å². The van der Waals surface area contributed by atoms with Gasteiger partial charge in [0.2, 0.25) is 0 Å². The van der Waals surface area contributed by atoms with Gasteiger partial charge in [0, 0.05) is 20.0 Å². The van der Waals surface area contributed by atoms with Crippen LogP contribution in [0, 0.1) is 0 Å². The molecule has 0 bridgehead atoms. The van der Waals surface area contributed by atoms with Crippen LogP contribution in [0.15, 0.2) is 26.0 Å². The Morgan fingerprint density at radius 1 is 1.29 bits per heavy atom. The van der Waals surface area contributed by atoms with Crippen LogP contribution in [-0.4, -0.2) is 22.6 Å². The highest BCUT2D eigenvalue weighted by Gasteiger charge is 2.19. The van der Waals surface area contributed by atoms with E-state index in [1.807, 2.05) is 0 Å². The van der Waals surface area contributed by atoms with Crippen molar-refractivity contribution in [3.8, 4) is 11.5 Å². The van der Waals surface area contributed by atoms with Crippen LogP contribution in [0.2, 0.25) is 0 Å². The van der Waals surface area contributed by atoms with Crippen LogP contribution in [0.3, 0.4) is 0 Å². The van der Waals surface area contributed by atoms with E-state index >= 15 is 0 Å². The monoisotopic (exact) mass is 321 g/mol. The number of benzene rings is 1. The standard InChI is InChI=1S/C8H8BrN3O4S/c1-15-6-3-5(9)8(4-7(6)16-2)17(13,14)12-11-10/h3-4H,1-2H3. The average Bonchev–Trinajstić information content (AvgIpc) is 2.28. The number of azide groups is 1. The number of nitrogens with zero attached hydrogens (tertiary/aromatic N) is 3. The molecule has 1 aromatic rings. The highest BCUT2D eigenvalue weighted by atomic mass is 79.9. The molecule has 0 saturated carbocycles. The number of rotatable bonds is 4. The molecule has 9 heteroatoms. The van der Waals surface area contributed by atoms with Crippen molar-refractivity contribution in [2.24, 2.45) is 4.52 Å². The van der Waals surface area contributed by atoms with E-state index in [2.05, 4.69) is 25.4 Å². The van der Waals surface area contributed by atoms with Gasteiger partial charge in [-0.1, -0.05) is 0 Å². The van der Waals surface area contributed by atoms with E-state index in [9.17, 15) is 8.42 Å². The van der Waals surface area contributed by atoms with Crippen LogP contribution in [-0.2, 0) is 10.0 Å². The van der Waals surface area contributed by atoms with Crippen molar-refractivity contribution in [3.05, 3.63) is 27.0 Å². The smallest absolute Gasteiger partial charge is 0.265 e. The van der Waals surface area contributed by atoms with Crippen LogP contribution in [0.25, 0.3) is 10.4 Å². The van der Waals surface area contributed by atoms with Gasteiger partial charge in [0.25, 0.3) is 10.0 Å². The lowest BCUT2D eigenvalue weighted by atomic mass is 10.3. The molecule has 1 rings (SSSR count). The molecule has 17 heavy (non-hydrogen) atoms. The minimum Gasteiger partial charge on any atom is -0.493 e. The molecule has 0 aliphatic heterocycles. The number of halogens is 1. The summed E-state index contributed by atoms with van der Waals surface area (Å²) >= 11 is 3.06. The van der Waals surface area contributed by atoms with E-state index in [1.54, 1.807) is 0 Å². The van der Waals surface area contributed by atoms with Crippen LogP contribution >= 0.6 is 15.9 Å². The molecule has 0 amide bonds. The highest BCUT2D eigenvalue weighted by Crippen LogP contribution is 2.36. The fraction of sp³-hybridized carbons (Fsp3) is 0.250. The van der Waals surface area contributed by atoms with Crippen LogP contribution in [0.4, 0.5) is 0 Å². The second kappa shape index (κ2) is 5.26. The summed E-state index contributed by atoms with van der Waals surface area (Å²) in [6.45, 7) is 0. The van der Waals surface area contributed by atoms with Crippen molar-refractivity contribution in [1.82, 2.24) is 0 Å². The first-order valence-electron chi connectivity index (χ1n) is 4.19. The van der Waals surface area contributed by atoms with Crippen molar-refractivity contribution in [3.63, 3.8) is 0 Å². The fourth-order valence-corrected chi connectivity index (χ4v) is 2.81. The molecular formula is C8H8BrN3O4S. The second-order valence-electron chi connectivity index (χ2n) is 2.78. The quantitative estimate of drug-likeness (QED) is 0.482. The third-order valence-electron chi connectivity index (χ3n) is 1.86. The molecule has 0 aromatic heterocycles. The summed E-state index contributed by atoms with van der Waals surface area (Å²) in [5, 5.41) is 0. The molecule has 1 aromatic carbocycles. The molecule has 0 heterocycles. The molecule has 0 radical (unpaired) electrons. The van der Waals surface area contributed by atoms with Gasteiger partial charge < -0.3 is 9.47 Å². The maximum absolute atomic E-state index is 11.6. The summed E-state index contributed by atoms with van der Waals surface area (Å²) in [7, 11) is -1.28. The van der Waals surface area contributed by atoms with E-state index in [0.29, 0.717) is 5.75 Å². The normalized spacial score (nSPS) is 10.5. The Hall–Kier alpha value is -1.44. The largest absolute Gasteiger partial charge is 0.493 e. The lowest BCUT2D eigenvalue weighted by molar-refractivity contribution is 0.353. The van der Waals surface area contributed by atoms with Crippen molar-refractivity contribution in [2.75, 3.05) is 14.2 Å². The zero-order valence-corrected chi connectivity index (χ0v) is 11.3. The van der Waals surface area contributed by atoms with Crippen LogP contribution in [0.5, 0.6) is 11.5 Å². The molecule has 0 saturated heterocycles. The molecule has 0 aliphatic carbocycles. The Bertz CT molecular complexity index is 581. The van der Waals surface area contributed by atoms with E-state index in [-0.39, 0.29) is 15.1 Å². The minimum absolute atomic E-state index is 0.187. The number of methoxy groups -OCH3 is 2. The van der Waals surface area contributed by atoms with Crippen LogP contribution in [0.1, 0.15) is 0 Å². The number of hydrogen-bond acceptors (Lipinski definition) is 4. The van der Waals surface area contributed by atoms with Crippen molar-refractivity contribution in [1.29, 1.82) is 0 Å². The molecule has 0 aliphatic rings. The predicted molar refractivity (Wildman–Crippen MR) is 63.6 cm³/mol. The third kappa shape index (κ3) is 2.82. The lowest BCUT2D eigenvalue weighted by Gasteiger charge is -2.10. The van der Waals surface area contributed by atoms with Crippen molar-refractivity contribution < 1.29 is 17.9 Å². The molecule has 92 valence electrons. The first-order chi connectivity index (χ1) is 7.96. The average molecular weight is 322 g/mol. The topological polar surface area (TPSA) is 101 Å². The first-order valence-corrected chi connectivity index (χ1v) is 6.42. The minimum atomic E-state index is -4.07. The van der Waals surface area contributed by atoms with Gasteiger partial charge in [0.15, 0.2) is 11.5 Å². The zero-order chi connectivity index (χ0) is 13.1. The summed E-state index contributed by atoms with van der Waals surface area (Å²) in [5.74, 6) is 0.585. The van der Waals surface area contributed by atoms with Gasteiger partial charge in [-0.2, -0.15) is 0 Å². The Morgan fingerprint density at radius 3 is 2.29 bits per heavy atom. The van der Waals surface area contributed by atoms with Gasteiger partial charge in [0.05, 0.1) is 19.1 Å². The van der Waals surface area contributed by atoms with E-state index in [1.165, 1.54) is 26.4 Å². The molecule has 0 unspecified atom stereocenters. The van der Waals surface area contributed by atoms with E-state index in [0.717, 1.165) is 0 Å². The van der Waals surface area contributed by atoms with Gasteiger partial charge in [-0.05, 0) is 27.5 Å². The molecule has 0 atom stereocenters. The molecule has 0 N–H and O–H groups in total. The summed E-state index contributed by atoms with van der Waals surface area (Å²) in [5.41, 5.74) is 8.19. The predicted octanol–water partition coefficient (Wildman–Crippen LogP) is 2.47. The lowest BCUT2D eigenvalue weighted by Crippen LogP contribution is -1.99. The second-order valence-corrected chi connectivity index (χ2v) is 5.19. The van der Waals surface area contributed by atoms with E-state index < -0.39 is 10.0 Å². The molecule has 0 fully saturated rings. The summed E-state index contributed by atoms with van der Waals surface area (Å²) in [6, 6.07) is 2.63. The molecule has 0 spiro atoms. The maximum Gasteiger partial charge on any atom is 0.265 e. The van der Waals surface area contributed by atoms with Gasteiger partial charge in [-0.3, -0.25) is 0 Å². The number of ether oxygens (including phenoxy) is 2. The van der Waals surface area contributed by atoms with Crippen molar-refractivity contribution in [2.45, 2.75) is 4.90 Å². The fourth-order valence-electron chi connectivity index (χ4n) is 1.13.